The molecule has 2 aliphatic heterocycles. The quantitative estimate of drug-likeness (QED) is 0.457. The molecule has 7 nitrogen and oxygen atoms in total. The van der Waals surface area contributed by atoms with Crippen molar-refractivity contribution in [1.82, 2.24) is 4.98 Å². The van der Waals surface area contributed by atoms with E-state index in [0.717, 1.165) is 36.4 Å². The zero-order chi connectivity index (χ0) is 25.7. The Kier molecular flexibility index (Phi) is 7.51. The first-order chi connectivity index (χ1) is 16.3. The number of thiazole rings is 1. The number of rotatable bonds is 2. The van der Waals surface area contributed by atoms with E-state index in [0.29, 0.717) is 6.42 Å². The van der Waals surface area contributed by atoms with Gasteiger partial charge in [0.15, 0.2) is 0 Å². The monoisotopic (exact) mass is 507 g/mol. The molecule has 2 saturated heterocycles. The number of aliphatic hydroxyl groups excluding tert-OH is 2. The Morgan fingerprint density at radius 2 is 1.83 bits per heavy atom. The standard InChI is InChI=1S/C27H41NO6S/c1-14-8-7-9-19-20(33-19)10-22(27(6)12-17(27)18-13-35-16(3)28-18)34-23(30)11-21(29)26(4,5)25(32)15(2)24(14)31/h13-15,17,19-22,24,29,31H,7-12H2,1-6H3/t14-,15+,17?,19+,20+,21-,22-,24-,27?/m1/s1. The number of ketones is 1. The van der Waals surface area contributed by atoms with Crippen LogP contribution in [0.4, 0.5) is 0 Å². The van der Waals surface area contributed by atoms with Crippen LogP contribution in [0.25, 0.3) is 0 Å². The molecule has 0 spiro atoms. The number of Topliss-reactive ketones (excluding diaryl/α,β-unsaturated/α-hetero) is 1. The molecule has 35 heavy (non-hydrogen) atoms. The highest BCUT2D eigenvalue weighted by atomic mass is 32.1. The van der Waals surface area contributed by atoms with E-state index in [1.54, 1.807) is 32.1 Å². The highest BCUT2D eigenvalue weighted by Gasteiger charge is 2.60. The first-order valence-electron chi connectivity index (χ1n) is 13.0. The number of aryl methyl sites for hydroxylation is 1. The number of carbonyl (C=O) groups excluding carboxylic acids is 2. The van der Waals surface area contributed by atoms with Crippen LogP contribution in [-0.2, 0) is 19.1 Å². The van der Waals surface area contributed by atoms with E-state index in [2.05, 4.69) is 17.3 Å². The van der Waals surface area contributed by atoms with Crippen LogP contribution in [-0.4, -0.2) is 57.5 Å². The number of epoxide rings is 1. The van der Waals surface area contributed by atoms with Gasteiger partial charge in [-0.25, -0.2) is 4.98 Å². The third-order valence-electron chi connectivity index (χ3n) is 8.90. The average molecular weight is 508 g/mol. The van der Waals surface area contributed by atoms with Gasteiger partial charge in [0, 0.05) is 29.1 Å². The van der Waals surface area contributed by atoms with Crippen LogP contribution in [0.15, 0.2) is 5.38 Å². The van der Waals surface area contributed by atoms with Gasteiger partial charge in [0.1, 0.15) is 11.9 Å². The van der Waals surface area contributed by atoms with Crippen LogP contribution in [0.1, 0.15) is 89.8 Å². The lowest BCUT2D eigenvalue weighted by Crippen LogP contribution is -2.46. The Balaban J connectivity index is 1.53. The van der Waals surface area contributed by atoms with Crippen LogP contribution in [0.3, 0.4) is 0 Å². The van der Waals surface area contributed by atoms with Gasteiger partial charge in [-0.1, -0.05) is 41.0 Å². The molecule has 9 atom stereocenters. The number of nitrogens with zero attached hydrogens (tertiary/aromatic N) is 1. The van der Waals surface area contributed by atoms with Crippen LogP contribution in [0.2, 0.25) is 0 Å². The van der Waals surface area contributed by atoms with Crippen molar-refractivity contribution < 1.29 is 29.3 Å². The summed E-state index contributed by atoms with van der Waals surface area (Å²) in [7, 11) is 0. The van der Waals surface area contributed by atoms with Crippen molar-refractivity contribution in [3.8, 4) is 0 Å². The molecule has 2 unspecified atom stereocenters. The SMILES string of the molecule is Cc1nc(C2CC2(C)[C@H]2C[C@@H]3O[C@H]3CCC[C@@H](C)[C@@H](O)[C@H](C)C(=O)C(C)(C)[C@H](O)CC(=O)O2)cs1. The minimum Gasteiger partial charge on any atom is -0.462 e. The summed E-state index contributed by atoms with van der Waals surface area (Å²) in [4.78, 5) is 30.9. The topological polar surface area (TPSA) is 109 Å². The molecule has 1 aliphatic carbocycles. The van der Waals surface area contributed by atoms with E-state index in [1.807, 2.05) is 13.8 Å². The van der Waals surface area contributed by atoms with E-state index >= 15 is 0 Å². The lowest BCUT2D eigenvalue weighted by molar-refractivity contribution is -0.159. The predicted octanol–water partition coefficient (Wildman–Crippen LogP) is 4.18. The minimum absolute atomic E-state index is 0.0441. The van der Waals surface area contributed by atoms with Gasteiger partial charge in [-0.05, 0) is 32.1 Å². The smallest absolute Gasteiger partial charge is 0.308 e. The number of ether oxygens (including phenoxy) is 2. The minimum atomic E-state index is -1.20. The fourth-order valence-corrected chi connectivity index (χ4v) is 6.52. The normalized spacial score (nSPS) is 42.7. The van der Waals surface area contributed by atoms with Gasteiger partial charge >= 0.3 is 5.97 Å². The Labute approximate surface area is 212 Å². The van der Waals surface area contributed by atoms with Gasteiger partial charge in [0.25, 0.3) is 0 Å². The number of hydrogen-bond donors (Lipinski definition) is 2. The van der Waals surface area contributed by atoms with Crippen molar-refractivity contribution in [2.24, 2.45) is 22.7 Å². The van der Waals surface area contributed by atoms with E-state index in [1.165, 1.54) is 0 Å². The van der Waals surface area contributed by atoms with Crippen molar-refractivity contribution in [3.05, 3.63) is 16.1 Å². The van der Waals surface area contributed by atoms with Crippen molar-refractivity contribution in [3.63, 3.8) is 0 Å². The Morgan fingerprint density at radius 1 is 1.11 bits per heavy atom. The number of hydrogen-bond acceptors (Lipinski definition) is 8. The van der Waals surface area contributed by atoms with E-state index in [4.69, 9.17) is 9.47 Å². The highest BCUT2D eigenvalue weighted by Crippen LogP contribution is 2.63. The zero-order valence-corrected chi connectivity index (χ0v) is 22.6. The molecule has 0 amide bonds. The molecular weight excluding hydrogens is 466 g/mol. The molecule has 196 valence electrons. The summed E-state index contributed by atoms with van der Waals surface area (Å²) in [6.07, 6.45) is 1.70. The molecule has 0 radical (unpaired) electrons. The summed E-state index contributed by atoms with van der Waals surface area (Å²) in [5.41, 5.74) is -0.345. The number of fused-ring (bicyclic) bond motifs is 1. The Bertz CT molecular complexity index is 946. The number of esters is 1. The van der Waals surface area contributed by atoms with Gasteiger partial charge in [0.05, 0.1) is 47.0 Å². The summed E-state index contributed by atoms with van der Waals surface area (Å²) in [6.45, 7) is 11.1. The first kappa shape index (κ1) is 26.7. The molecule has 1 aromatic heterocycles. The molecular formula is C27H41NO6S. The van der Waals surface area contributed by atoms with Gasteiger partial charge in [0.2, 0.25) is 0 Å². The van der Waals surface area contributed by atoms with E-state index < -0.39 is 29.5 Å². The summed E-state index contributed by atoms with van der Waals surface area (Å²) in [5, 5.41) is 24.8. The van der Waals surface area contributed by atoms with Crippen LogP contribution >= 0.6 is 11.3 Å². The van der Waals surface area contributed by atoms with Crippen molar-refractivity contribution in [2.75, 3.05) is 0 Å². The number of cyclic esters (lactones) is 1. The van der Waals surface area contributed by atoms with E-state index in [9.17, 15) is 19.8 Å². The second kappa shape index (κ2) is 9.84. The molecule has 1 saturated carbocycles. The maximum Gasteiger partial charge on any atom is 0.308 e. The Morgan fingerprint density at radius 3 is 2.49 bits per heavy atom. The number of aromatic nitrogens is 1. The summed E-state index contributed by atoms with van der Waals surface area (Å²) in [5.74, 6) is -1.18. The lowest BCUT2D eigenvalue weighted by atomic mass is 9.73. The largest absolute Gasteiger partial charge is 0.462 e. The molecule has 3 heterocycles. The maximum absolute atomic E-state index is 13.2. The predicted molar refractivity (Wildman–Crippen MR) is 133 cm³/mol. The van der Waals surface area contributed by atoms with Gasteiger partial charge in [-0.2, -0.15) is 0 Å². The second-order valence-corrected chi connectivity index (χ2v) is 13.0. The molecule has 1 aromatic rings. The van der Waals surface area contributed by atoms with Gasteiger partial charge < -0.3 is 19.7 Å². The highest BCUT2D eigenvalue weighted by molar-refractivity contribution is 7.09. The average Bonchev–Trinajstić information content (AvgIpc) is 3.66. The molecule has 4 rings (SSSR count). The Hall–Kier alpha value is -1.35. The lowest BCUT2D eigenvalue weighted by Gasteiger charge is -2.34. The van der Waals surface area contributed by atoms with Crippen LogP contribution in [0, 0.1) is 29.6 Å². The van der Waals surface area contributed by atoms with Crippen molar-refractivity contribution in [1.29, 1.82) is 0 Å². The molecule has 0 bridgehead atoms. The maximum atomic E-state index is 13.2. The fraction of sp³-hybridized carbons (Fsp3) is 0.815. The summed E-state index contributed by atoms with van der Waals surface area (Å²) >= 11 is 1.63. The second-order valence-electron chi connectivity index (χ2n) is 12.0. The van der Waals surface area contributed by atoms with Crippen LogP contribution in [0.5, 0.6) is 0 Å². The first-order valence-corrected chi connectivity index (χ1v) is 13.9. The fourth-order valence-electron chi connectivity index (χ4n) is 5.85. The van der Waals surface area contributed by atoms with Crippen molar-refractivity contribution in [2.45, 2.75) is 117 Å². The molecule has 3 aliphatic rings. The summed E-state index contributed by atoms with van der Waals surface area (Å²) in [6, 6.07) is 0. The van der Waals surface area contributed by atoms with Gasteiger partial charge in [-0.3, -0.25) is 9.59 Å². The third-order valence-corrected chi connectivity index (χ3v) is 9.69. The summed E-state index contributed by atoms with van der Waals surface area (Å²) < 4.78 is 12.0. The van der Waals surface area contributed by atoms with Crippen LogP contribution < -0.4 is 0 Å². The van der Waals surface area contributed by atoms with Crippen molar-refractivity contribution >= 4 is 23.1 Å². The number of carbonyl (C=O) groups is 2. The van der Waals surface area contributed by atoms with Gasteiger partial charge in [-0.15, -0.1) is 11.3 Å². The third kappa shape index (κ3) is 5.50. The zero-order valence-electron chi connectivity index (χ0n) is 21.8. The molecule has 2 N–H and O–H groups in total. The molecule has 3 fully saturated rings. The molecule has 0 aromatic carbocycles. The number of aliphatic hydroxyl groups is 2. The van der Waals surface area contributed by atoms with E-state index in [-0.39, 0.29) is 47.8 Å². The molecule has 8 heteroatoms.